The Kier molecular flexibility index (Phi) is 6.93. The smallest absolute Gasteiger partial charge is 0.290 e. The van der Waals surface area contributed by atoms with E-state index in [9.17, 15) is 9.90 Å². The van der Waals surface area contributed by atoms with Crippen LogP contribution in [0.25, 0.3) is 28.1 Å². The van der Waals surface area contributed by atoms with Crippen LogP contribution in [0, 0.1) is 0 Å². The summed E-state index contributed by atoms with van der Waals surface area (Å²) in [5.74, 6) is 2.31. The van der Waals surface area contributed by atoms with E-state index < -0.39 is 0 Å². The van der Waals surface area contributed by atoms with Gasteiger partial charge in [0.15, 0.2) is 17.0 Å². The minimum Gasteiger partial charge on any atom is -0.394 e. The average Bonchev–Trinajstić information content (AvgIpc) is 3.54. The second-order valence-corrected chi connectivity index (χ2v) is 11.1. The van der Waals surface area contributed by atoms with Crippen LogP contribution < -0.4 is 4.90 Å². The van der Waals surface area contributed by atoms with Gasteiger partial charge in [-0.3, -0.25) is 14.3 Å². The molecule has 4 aromatic rings. The molecule has 1 amide bonds. The van der Waals surface area contributed by atoms with Gasteiger partial charge in [-0.25, -0.2) is 9.97 Å². The minimum atomic E-state index is -0.319. The summed E-state index contributed by atoms with van der Waals surface area (Å²) in [5.41, 5.74) is 2.73. The number of aryl methyl sites for hydroxylation is 2. The van der Waals surface area contributed by atoms with Crippen LogP contribution in [0.3, 0.4) is 0 Å². The molecule has 1 aromatic carbocycles. The van der Waals surface area contributed by atoms with Crippen molar-refractivity contribution in [2.24, 2.45) is 7.05 Å². The molecule has 0 atom stereocenters. The summed E-state index contributed by atoms with van der Waals surface area (Å²) in [6.45, 7) is 11.3. The van der Waals surface area contributed by atoms with Crippen molar-refractivity contribution in [1.29, 1.82) is 0 Å². The second-order valence-electron chi connectivity index (χ2n) is 11.1. The van der Waals surface area contributed by atoms with Crippen molar-refractivity contribution in [2.75, 3.05) is 64.0 Å². The van der Waals surface area contributed by atoms with Crippen molar-refractivity contribution in [3.8, 4) is 5.95 Å². The molecule has 0 radical (unpaired) electrons. The van der Waals surface area contributed by atoms with E-state index in [1.54, 1.807) is 4.57 Å². The summed E-state index contributed by atoms with van der Waals surface area (Å²) >= 11 is 0. The fourth-order valence-electron chi connectivity index (χ4n) is 5.61. The molecular weight excluding hydrogens is 510 g/mol. The molecule has 3 aromatic heterocycles. The van der Waals surface area contributed by atoms with Gasteiger partial charge in [0, 0.05) is 58.3 Å². The van der Waals surface area contributed by atoms with Gasteiger partial charge in [0.25, 0.3) is 5.91 Å². The highest BCUT2D eigenvalue weighted by molar-refractivity contribution is 5.96. The van der Waals surface area contributed by atoms with Crippen molar-refractivity contribution < 1.29 is 14.6 Å². The number of amides is 1. The van der Waals surface area contributed by atoms with Crippen LogP contribution in [0.1, 0.15) is 37.2 Å². The SMILES string of the molecule is CCc1nc2ccccc2n1-c1nc(N2CCOCC2)c2nc(C(=O)N3CCN(C(C)(C)CO)CC3)n(C)c2n1. The number of para-hydroxylation sites is 2. The van der Waals surface area contributed by atoms with Crippen molar-refractivity contribution >= 4 is 33.9 Å². The lowest BCUT2D eigenvalue weighted by Crippen LogP contribution is -2.57. The van der Waals surface area contributed by atoms with Crippen LogP contribution >= 0.6 is 0 Å². The van der Waals surface area contributed by atoms with Crippen LogP contribution in [0.15, 0.2) is 24.3 Å². The second kappa shape index (κ2) is 10.4. The van der Waals surface area contributed by atoms with Gasteiger partial charge in [0.05, 0.1) is 30.9 Å². The lowest BCUT2D eigenvalue weighted by atomic mass is 10.0. The zero-order chi connectivity index (χ0) is 28.0. The van der Waals surface area contributed by atoms with Crippen molar-refractivity contribution in [3.05, 3.63) is 35.9 Å². The molecule has 0 unspecified atom stereocenters. The Morgan fingerprint density at radius 2 is 1.73 bits per heavy atom. The van der Waals surface area contributed by atoms with Crippen LogP contribution in [0.2, 0.25) is 0 Å². The third kappa shape index (κ3) is 4.49. The van der Waals surface area contributed by atoms with E-state index in [0.29, 0.717) is 81.2 Å². The first-order chi connectivity index (χ1) is 19.3. The first-order valence-corrected chi connectivity index (χ1v) is 14.0. The maximum Gasteiger partial charge on any atom is 0.290 e. The van der Waals surface area contributed by atoms with Crippen molar-refractivity contribution in [3.63, 3.8) is 0 Å². The Morgan fingerprint density at radius 1 is 1.00 bits per heavy atom. The molecule has 212 valence electrons. The van der Waals surface area contributed by atoms with Gasteiger partial charge in [-0.1, -0.05) is 19.1 Å². The Bertz CT molecular complexity index is 1550. The number of fused-ring (bicyclic) bond motifs is 2. The minimum absolute atomic E-state index is 0.0724. The first kappa shape index (κ1) is 26.6. The predicted molar refractivity (Wildman–Crippen MR) is 152 cm³/mol. The summed E-state index contributed by atoms with van der Waals surface area (Å²) in [4.78, 5) is 39.7. The number of nitrogens with zero attached hydrogens (tertiary/aromatic N) is 9. The number of imidazole rings is 2. The number of rotatable bonds is 6. The molecule has 2 aliphatic heterocycles. The summed E-state index contributed by atoms with van der Waals surface area (Å²) in [7, 11) is 1.85. The number of aliphatic hydroxyl groups is 1. The standard InChI is InChI=1S/C28H37N9O3/c1-5-21-29-19-8-6-7-9-20(19)37(21)27-31-23-22(24(32-27)34-14-16-40-17-15-34)30-25(33(23)4)26(39)35-10-12-36(13-11-35)28(2,3)18-38/h6-9,38H,5,10-18H2,1-4H3. The molecule has 2 aliphatic rings. The lowest BCUT2D eigenvalue weighted by Gasteiger charge is -2.43. The molecule has 6 rings (SSSR count). The zero-order valence-electron chi connectivity index (χ0n) is 23.7. The zero-order valence-corrected chi connectivity index (χ0v) is 23.7. The van der Waals surface area contributed by atoms with Crippen LogP contribution in [-0.4, -0.2) is 115 Å². The molecule has 0 aliphatic carbocycles. The van der Waals surface area contributed by atoms with E-state index in [0.717, 1.165) is 23.3 Å². The summed E-state index contributed by atoms with van der Waals surface area (Å²) in [6, 6.07) is 7.99. The third-order valence-electron chi connectivity index (χ3n) is 8.15. The molecule has 12 nitrogen and oxygen atoms in total. The van der Waals surface area contributed by atoms with E-state index in [1.165, 1.54) is 0 Å². The number of hydrogen-bond donors (Lipinski definition) is 1. The normalized spacial score (nSPS) is 17.3. The van der Waals surface area contributed by atoms with Gasteiger partial charge in [-0.15, -0.1) is 0 Å². The highest BCUT2D eigenvalue weighted by atomic mass is 16.5. The monoisotopic (exact) mass is 547 g/mol. The van der Waals surface area contributed by atoms with Gasteiger partial charge in [-0.2, -0.15) is 9.97 Å². The van der Waals surface area contributed by atoms with Crippen molar-refractivity contribution in [1.82, 2.24) is 38.9 Å². The van der Waals surface area contributed by atoms with E-state index >= 15 is 0 Å². The van der Waals surface area contributed by atoms with E-state index in [-0.39, 0.29) is 18.1 Å². The highest BCUT2D eigenvalue weighted by Crippen LogP contribution is 2.29. The fraction of sp³-hybridized carbons (Fsp3) is 0.536. The van der Waals surface area contributed by atoms with Crippen LogP contribution in [0.4, 0.5) is 5.82 Å². The number of carbonyl (C=O) groups is 1. The Labute approximate surface area is 233 Å². The highest BCUT2D eigenvalue weighted by Gasteiger charge is 2.33. The molecule has 2 saturated heterocycles. The number of anilines is 1. The van der Waals surface area contributed by atoms with Gasteiger partial charge < -0.3 is 24.2 Å². The molecule has 2 fully saturated rings. The van der Waals surface area contributed by atoms with Crippen LogP contribution in [-0.2, 0) is 18.2 Å². The number of aromatic nitrogens is 6. The average molecular weight is 548 g/mol. The van der Waals surface area contributed by atoms with E-state index in [4.69, 9.17) is 24.7 Å². The molecule has 1 N–H and O–H groups in total. The molecule has 0 spiro atoms. The van der Waals surface area contributed by atoms with Crippen LogP contribution in [0.5, 0.6) is 0 Å². The Hall–Kier alpha value is -3.61. The molecular formula is C28H37N9O3. The first-order valence-electron chi connectivity index (χ1n) is 14.0. The maximum atomic E-state index is 13.8. The molecule has 5 heterocycles. The van der Waals surface area contributed by atoms with E-state index in [1.807, 2.05) is 54.6 Å². The van der Waals surface area contributed by atoms with Gasteiger partial charge >= 0.3 is 0 Å². The molecule has 12 heteroatoms. The summed E-state index contributed by atoms with van der Waals surface area (Å²) in [6.07, 6.45) is 0.719. The van der Waals surface area contributed by atoms with Crippen molar-refractivity contribution in [2.45, 2.75) is 32.7 Å². The van der Waals surface area contributed by atoms with E-state index in [2.05, 4.69) is 16.7 Å². The summed E-state index contributed by atoms with van der Waals surface area (Å²) < 4.78 is 9.41. The number of ether oxygens (including phenoxy) is 1. The Balaban J connectivity index is 1.43. The number of carbonyl (C=O) groups excluding carboxylic acids is 1. The number of hydrogen-bond acceptors (Lipinski definition) is 9. The molecule has 0 bridgehead atoms. The fourth-order valence-corrected chi connectivity index (χ4v) is 5.61. The number of benzene rings is 1. The topological polar surface area (TPSA) is 118 Å². The lowest BCUT2D eigenvalue weighted by molar-refractivity contribution is 0.0159. The number of aliphatic hydroxyl groups excluding tert-OH is 1. The maximum absolute atomic E-state index is 13.8. The quantitative estimate of drug-likeness (QED) is 0.384. The summed E-state index contributed by atoms with van der Waals surface area (Å²) in [5, 5.41) is 9.77. The number of piperazine rings is 1. The van der Waals surface area contributed by atoms with Gasteiger partial charge in [0.1, 0.15) is 5.82 Å². The molecule has 0 saturated carbocycles. The number of morpholine rings is 1. The van der Waals surface area contributed by atoms with Gasteiger partial charge in [0.2, 0.25) is 11.8 Å². The molecule has 40 heavy (non-hydrogen) atoms. The largest absolute Gasteiger partial charge is 0.394 e. The Morgan fingerprint density at radius 3 is 2.42 bits per heavy atom. The van der Waals surface area contributed by atoms with Gasteiger partial charge in [-0.05, 0) is 26.0 Å². The third-order valence-corrected chi connectivity index (χ3v) is 8.15. The predicted octanol–water partition coefficient (Wildman–Crippen LogP) is 1.63.